The minimum atomic E-state index is -0.505. The molecule has 2 N–H and O–H groups in total. The first kappa shape index (κ1) is 21.4. The molecule has 25 heavy (non-hydrogen) atoms. The van der Waals surface area contributed by atoms with Gasteiger partial charge in [-0.15, -0.1) is 0 Å². The highest BCUT2D eigenvalue weighted by molar-refractivity contribution is 5.79. The molecule has 142 valence electrons. The number of rotatable bonds is 10. The third-order valence-corrected chi connectivity index (χ3v) is 4.34. The van der Waals surface area contributed by atoms with E-state index in [0.29, 0.717) is 12.5 Å². The first-order valence-electron chi connectivity index (χ1n) is 9.14. The molecule has 0 bridgehead atoms. The highest BCUT2D eigenvalue weighted by atomic mass is 19.1. The summed E-state index contributed by atoms with van der Waals surface area (Å²) in [7, 11) is 1.70. The minimum Gasteiger partial charge on any atom is -0.356 e. The van der Waals surface area contributed by atoms with Gasteiger partial charge in [0.05, 0.1) is 0 Å². The van der Waals surface area contributed by atoms with E-state index in [-0.39, 0.29) is 18.0 Å². The number of hydrogen-bond acceptors (Lipinski definition) is 2. The average Bonchev–Trinajstić information content (AvgIpc) is 2.60. The first-order chi connectivity index (χ1) is 12.0. The third kappa shape index (κ3) is 7.82. The summed E-state index contributed by atoms with van der Waals surface area (Å²) in [5.74, 6) is -0.351. The Hall–Kier alpha value is -1.69. The van der Waals surface area contributed by atoms with Gasteiger partial charge in [-0.2, -0.15) is 0 Å². The predicted octanol–water partition coefficient (Wildman–Crippen LogP) is 3.18. The Morgan fingerprint density at radius 2 is 1.84 bits per heavy atom. The van der Waals surface area contributed by atoms with Gasteiger partial charge in [0.15, 0.2) is 5.96 Å². The maximum atomic E-state index is 13.6. The van der Waals surface area contributed by atoms with Gasteiger partial charge in [0.25, 0.3) is 0 Å². The summed E-state index contributed by atoms with van der Waals surface area (Å²) in [6, 6.07) is 4.22. The topological polar surface area (TPSA) is 39.7 Å². The molecule has 0 saturated carbocycles. The second-order valence-corrected chi connectivity index (χ2v) is 6.16. The maximum Gasteiger partial charge on any atom is 0.191 e. The molecule has 1 aromatic carbocycles. The van der Waals surface area contributed by atoms with Crippen LogP contribution in [0.3, 0.4) is 0 Å². The van der Waals surface area contributed by atoms with Crippen LogP contribution in [-0.2, 0) is 6.42 Å². The van der Waals surface area contributed by atoms with Gasteiger partial charge in [0.2, 0.25) is 0 Å². The molecule has 0 aliphatic heterocycles. The van der Waals surface area contributed by atoms with Crippen molar-refractivity contribution in [3.63, 3.8) is 0 Å². The fourth-order valence-electron chi connectivity index (χ4n) is 2.74. The maximum absolute atomic E-state index is 13.6. The molecule has 1 rings (SSSR count). The highest BCUT2D eigenvalue weighted by Crippen LogP contribution is 2.12. The lowest BCUT2D eigenvalue weighted by Crippen LogP contribution is -2.43. The van der Waals surface area contributed by atoms with Crippen LogP contribution in [0.4, 0.5) is 8.78 Å². The third-order valence-electron chi connectivity index (χ3n) is 4.34. The van der Waals surface area contributed by atoms with E-state index in [1.165, 1.54) is 18.2 Å². The summed E-state index contributed by atoms with van der Waals surface area (Å²) in [6.45, 7) is 10.1. The summed E-state index contributed by atoms with van der Waals surface area (Å²) in [5, 5.41) is 6.44. The quantitative estimate of drug-likeness (QED) is 0.501. The Morgan fingerprint density at radius 3 is 2.40 bits per heavy atom. The SMILES string of the molecule is CCN(CC)CCCC(C)NC(=NC)NCCc1c(F)cccc1F. The molecule has 0 saturated heterocycles. The van der Waals surface area contributed by atoms with Gasteiger partial charge in [-0.05, 0) is 58.0 Å². The number of nitrogens with zero attached hydrogens (tertiary/aromatic N) is 2. The minimum absolute atomic E-state index is 0.109. The summed E-state index contributed by atoms with van der Waals surface area (Å²) < 4.78 is 27.2. The zero-order valence-corrected chi connectivity index (χ0v) is 15.9. The highest BCUT2D eigenvalue weighted by Gasteiger charge is 2.09. The van der Waals surface area contributed by atoms with Gasteiger partial charge in [-0.1, -0.05) is 19.9 Å². The molecule has 0 spiro atoms. The lowest BCUT2D eigenvalue weighted by atomic mass is 10.1. The predicted molar refractivity (Wildman–Crippen MR) is 101 cm³/mol. The van der Waals surface area contributed by atoms with Crippen molar-refractivity contribution in [1.82, 2.24) is 15.5 Å². The van der Waals surface area contributed by atoms with Crippen LogP contribution in [0, 0.1) is 11.6 Å². The van der Waals surface area contributed by atoms with Crippen molar-refractivity contribution < 1.29 is 8.78 Å². The molecule has 1 atom stereocenters. The fraction of sp³-hybridized carbons (Fsp3) is 0.632. The van der Waals surface area contributed by atoms with Crippen LogP contribution in [0.1, 0.15) is 39.2 Å². The van der Waals surface area contributed by atoms with Crippen molar-refractivity contribution in [2.45, 2.75) is 46.1 Å². The molecule has 1 aromatic rings. The Labute approximate surface area is 150 Å². The molecular formula is C19H32F2N4. The number of guanidine groups is 1. The number of halogens is 2. The zero-order valence-electron chi connectivity index (χ0n) is 15.9. The van der Waals surface area contributed by atoms with Gasteiger partial charge in [0.1, 0.15) is 11.6 Å². The van der Waals surface area contributed by atoms with E-state index in [0.717, 1.165) is 32.5 Å². The van der Waals surface area contributed by atoms with Crippen molar-refractivity contribution in [2.75, 3.05) is 33.2 Å². The van der Waals surface area contributed by atoms with E-state index >= 15 is 0 Å². The van der Waals surface area contributed by atoms with Crippen molar-refractivity contribution in [3.8, 4) is 0 Å². The van der Waals surface area contributed by atoms with Gasteiger partial charge in [-0.3, -0.25) is 4.99 Å². The molecule has 0 heterocycles. The van der Waals surface area contributed by atoms with E-state index in [1.54, 1.807) is 7.05 Å². The van der Waals surface area contributed by atoms with Crippen LogP contribution in [-0.4, -0.2) is 50.1 Å². The Kier molecular flexibility index (Phi) is 10.1. The smallest absolute Gasteiger partial charge is 0.191 e. The number of nitrogens with one attached hydrogen (secondary N) is 2. The summed E-state index contributed by atoms with van der Waals surface area (Å²) >= 11 is 0. The van der Waals surface area contributed by atoms with Crippen molar-refractivity contribution in [1.29, 1.82) is 0 Å². The van der Waals surface area contributed by atoms with Gasteiger partial charge in [-0.25, -0.2) is 8.78 Å². The molecule has 0 aliphatic carbocycles. The second-order valence-electron chi connectivity index (χ2n) is 6.16. The molecule has 0 aliphatic rings. The van der Waals surface area contributed by atoms with Crippen LogP contribution >= 0.6 is 0 Å². The van der Waals surface area contributed by atoms with Gasteiger partial charge < -0.3 is 15.5 Å². The first-order valence-corrected chi connectivity index (χ1v) is 9.14. The van der Waals surface area contributed by atoms with Gasteiger partial charge in [0, 0.05) is 25.2 Å². The lowest BCUT2D eigenvalue weighted by Gasteiger charge is -2.21. The van der Waals surface area contributed by atoms with E-state index in [2.05, 4.69) is 41.3 Å². The van der Waals surface area contributed by atoms with Crippen LogP contribution in [0.15, 0.2) is 23.2 Å². The summed E-state index contributed by atoms with van der Waals surface area (Å²) in [5.41, 5.74) is 0.109. The molecular weight excluding hydrogens is 322 g/mol. The average molecular weight is 354 g/mol. The second kappa shape index (κ2) is 11.8. The lowest BCUT2D eigenvalue weighted by molar-refractivity contribution is 0.292. The van der Waals surface area contributed by atoms with Crippen LogP contribution in [0.2, 0.25) is 0 Å². The monoisotopic (exact) mass is 354 g/mol. The Balaban J connectivity index is 2.34. The fourth-order valence-corrected chi connectivity index (χ4v) is 2.74. The number of aliphatic imine (C=N–C) groups is 1. The van der Waals surface area contributed by atoms with E-state index in [1.807, 2.05) is 0 Å². The standard InChI is InChI=1S/C19H32F2N4/c1-5-25(6-2)14-8-9-15(3)24-19(22-4)23-13-12-16-17(20)10-7-11-18(16)21/h7,10-11,15H,5-6,8-9,12-14H2,1-4H3,(H2,22,23,24). The summed E-state index contributed by atoms with van der Waals surface area (Å²) in [4.78, 5) is 6.58. The Morgan fingerprint density at radius 1 is 1.20 bits per heavy atom. The molecule has 0 aromatic heterocycles. The Bertz CT molecular complexity index is 510. The normalized spacial score (nSPS) is 13.2. The van der Waals surface area contributed by atoms with E-state index in [4.69, 9.17) is 0 Å². The van der Waals surface area contributed by atoms with Crippen molar-refractivity contribution in [2.24, 2.45) is 4.99 Å². The number of benzene rings is 1. The molecule has 6 heteroatoms. The van der Waals surface area contributed by atoms with Crippen LogP contribution in [0.5, 0.6) is 0 Å². The molecule has 4 nitrogen and oxygen atoms in total. The zero-order chi connectivity index (χ0) is 18.7. The van der Waals surface area contributed by atoms with Crippen molar-refractivity contribution in [3.05, 3.63) is 35.4 Å². The van der Waals surface area contributed by atoms with Crippen LogP contribution < -0.4 is 10.6 Å². The number of hydrogen-bond donors (Lipinski definition) is 2. The van der Waals surface area contributed by atoms with E-state index in [9.17, 15) is 8.78 Å². The molecule has 0 fully saturated rings. The van der Waals surface area contributed by atoms with Gasteiger partial charge >= 0.3 is 0 Å². The van der Waals surface area contributed by atoms with Crippen LogP contribution in [0.25, 0.3) is 0 Å². The largest absolute Gasteiger partial charge is 0.356 e. The molecule has 0 amide bonds. The molecule has 0 radical (unpaired) electrons. The molecule has 1 unspecified atom stereocenters. The summed E-state index contributed by atoms with van der Waals surface area (Å²) in [6.07, 6.45) is 2.43. The van der Waals surface area contributed by atoms with Crippen molar-refractivity contribution >= 4 is 5.96 Å². The van der Waals surface area contributed by atoms with E-state index < -0.39 is 11.6 Å².